The zero-order chi connectivity index (χ0) is 18.1. The highest BCUT2D eigenvalue weighted by molar-refractivity contribution is 7.99. The van der Waals surface area contributed by atoms with Gasteiger partial charge >= 0.3 is 0 Å². The van der Waals surface area contributed by atoms with Crippen LogP contribution in [-0.2, 0) is 0 Å². The summed E-state index contributed by atoms with van der Waals surface area (Å²) in [6.07, 6.45) is 0.571. The van der Waals surface area contributed by atoms with E-state index in [1.165, 1.54) is 6.07 Å². The minimum atomic E-state index is -0.445. The molecule has 4 nitrogen and oxygen atoms in total. The Bertz CT molecular complexity index is 846. The molecule has 2 aliphatic heterocycles. The van der Waals surface area contributed by atoms with Crippen LogP contribution in [0, 0.1) is 11.6 Å². The third-order valence-electron chi connectivity index (χ3n) is 4.55. The number of hydrogen-bond acceptors (Lipinski definition) is 4. The Morgan fingerprint density at radius 1 is 1.08 bits per heavy atom. The van der Waals surface area contributed by atoms with Crippen molar-refractivity contribution in [3.8, 4) is 11.5 Å². The summed E-state index contributed by atoms with van der Waals surface area (Å²) in [5, 5.41) is -0.166. The molecule has 0 aliphatic carbocycles. The summed E-state index contributed by atoms with van der Waals surface area (Å²) in [4.78, 5) is 14.6. The second kappa shape index (κ2) is 7.15. The maximum atomic E-state index is 14.0. The fourth-order valence-electron chi connectivity index (χ4n) is 3.20. The Hall–Kier alpha value is -2.28. The number of rotatable bonds is 2. The van der Waals surface area contributed by atoms with Gasteiger partial charge in [-0.3, -0.25) is 4.79 Å². The van der Waals surface area contributed by atoms with Crippen LogP contribution in [0.25, 0.3) is 0 Å². The molecule has 2 heterocycles. The highest BCUT2D eigenvalue weighted by atomic mass is 32.2. The molecule has 1 saturated heterocycles. The Kier molecular flexibility index (Phi) is 4.72. The molecule has 0 radical (unpaired) electrons. The second-order valence-electron chi connectivity index (χ2n) is 6.17. The van der Waals surface area contributed by atoms with E-state index in [0.29, 0.717) is 47.9 Å². The lowest BCUT2D eigenvalue weighted by Gasteiger charge is -2.20. The van der Waals surface area contributed by atoms with Gasteiger partial charge in [-0.05, 0) is 42.8 Å². The van der Waals surface area contributed by atoms with Gasteiger partial charge in [-0.15, -0.1) is 0 Å². The first-order valence-corrected chi connectivity index (χ1v) is 9.42. The third kappa shape index (κ3) is 3.35. The van der Waals surface area contributed by atoms with Gasteiger partial charge in [-0.2, -0.15) is 11.8 Å². The normalized spacial score (nSPS) is 19.3. The molecule has 2 aromatic rings. The molecule has 0 unspecified atom stereocenters. The number of nitrogens with zero attached hydrogens (tertiary/aromatic N) is 1. The number of hydrogen-bond donors (Lipinski definition) is 0. The minimum Gasteiger partial charge on any atom is -0.454 e. The topological polar surface area (TPSA) is 38.8 Å². The molecule has 2 aromatic carbocycles. The van der Waals surface area contributed by atoms with Crippen LogP contribution in [0.2, 0.25) is 0 Å². The summed E-state index contributed by atoms with van der Waals surface area (Å²) in [7, 11) is 0. The molecule has 136 valence electrons. The Balaban J connectivity index is 1.48. The van der Waals surface area contributed by atoms with Gasteiger partial charge in [0.15, 0.2) is 11.5 Å². The van der Waals surface area contributed by atoms with Crippen LogP contribution in [0.1, 0.15) is 27.6 Å². The van der Waals surface area contributed by atoms with Crippen LogP contribution >= 0.6 is 11.8 Å². The number of fused-ring (bicyclic) bond motifs is 1. The average Bonchev–Trinajstić information content (AvgIpc) is 2.98. The van der Waals surface area contributed by atoms with E-state index < -0.39 is 11.6 Å². The van der Waals surface area contributed by atoms with E-state index >= 15 is 0 Å². The van der Waals surface area contributed by atoms with Gasteiger partial charge in [-0.1, -0.05) is 0 Å². The summed E-state index contributed by atoms with van der Waals surface area (Å²) in [5.74, 6) is 0.925. The predicted molar refractivity (Wildman–Crippen MR) is 94.6 cm³/mol. The Morgan fingerprint density at radius 2 is 1.92 bits per heavy atom. The van der Waals surface area contributed by atoms with E-state index in [1.54, 1.807) is 34.9 Å². The highest BCUT2D eigenvalue weighted by Crippen LogP contribution is 2.37. The van der Waals surface area contributed by atoms with Gasteiger partial charge in [0, 0.05) is 35.2 Å². The fourth-order valence-corrected chi connectivity index (χ4v) is 4.44. The molecule has 1 atom stereocenters. The summed E-state index contributed by atoms with van der Waals surface area (Å²) in [5.41, 5.74) is 0.905. The van der Waals surface area contributed by atoms with E-state index in [4.69, 9.17) is 9.47 Å². The first-order chi connectivity index (χ1) is 12.6. The molecule has 0 spiro atoms. The predicted octanol–water partition coefficient (Wildman–Crippen LogP) is 4.01. The average molecular weight is 377 g/mol. The van der Waals surface area contributed by atoms with Crippen LogP contribution in [-0.4, -0.2) is 36.4 Å². The quantitative estimate of drug-likeness (QED) is 0.793. The molecular formula is C19H17F2NO3S. The number of ether oxygens (including phenoxy) is 2. The molecular weight excluding hydrogens is 360 g/mol. The maximum absolute atomic E-state index is 14.0. The molecule has 4 rings (SSSR count). The van der Waals surface area contributed by atoms with Crippen molar-refractivity contribution in [2.45, 2.75) is 11.7 Å². The monoisotopic (exact) mass is 377 g/mol. The lowest BCUT2D eigenvalue weighted by atomic mass is 10.1. The first kappa shape index (κ1) is 17.1. The van der Waals surface area contributed by atoms with E-state index in [2.05, 4.69) is 0 Å². The zero-order valence-electron chi connectivity index (χ0n) is 13.9. The van der Waals surface area contributed by atoms with Crippen molar-refractivity contribution in [2.75, 3.05) is 25.6 Å². The van der Waals surface area contributed by atoms with Gasteiger partial charge in [-0.25, -0.2) is 8.78 Å². The van der Waals surface area contributed by atoms with Gasteiger partial charge in [0.1, 0.15) is 11.6 Å². The standard InChI is InChI=1S/C19H17F2NO3S/c20-13-2-3-15(21)14(10-13)18-5-6-22(7-8-26-18)19(23)12-1-4-16-17(9-12)25-11-24-16/h1-4,9-10,18H,5-8,11H2/t18-/m1/s1. The molecule has 0 saturated carbocycles. The molecule has 0 N–H and O–H groups in total. The lowest BCUT2D eigenvalue weighted by Crippen LogP contribution is -2.32. The zero-order valence-corrected chi connectivity index (χ0v) is 14.7. The van der Waals surface area contributed by atoms with Crippen LogP contribution < -0.4 is 9.47 Å². The Labute approximate surface area is 154 Å². The number of halogens is 2. The first-order valence-electron chi connectivity index (χ1n) is 8.37. The SMILES string of the molecule is O=C(c1ccc2c(c1)OCO2)N1CCS[C@@H](c2cc(F)ccc2F)CC1. The minimum absolute atomic E-state index is 0.0933. The molecule has 0 aromatic heterocycles. The maximum Gasteiger partial charge on any atom is 0.254 e. The van der Waals surface area contributed by atoms with Crippen molar-refractivity contribution in [1.29, 1.82) is 0 Å². The van der Waals surface area contributed by atoms with Crippen molar-refractivity contribution < 1.29 is 23.0 Å². The molecule has 1 fully saturated rings. The van der Waals surface area contributed by atoms with Gasteiger partial charge in [0.05, 0.1) is 0 Å². The van der Waals surface area contributed by atoms with Gasteiger partial charge in [0.25, 0.3) is 5.91 Å². The molecule has 2 aliphatic rings. The largest absolute Gasteiger partial charge is 0.454 e. The molecule has 26 heavy (non-hydrogen) atoms. The molecule has 0 bridgehead atoms. The van der Waals surface area contributed by atoms with Gasteiger partial charge in [0.2, 0.25) is 6.79 Å². The van der Waals surface area contributed by atoms with Crippen LogP contribution in [0.15, 0.2) is 36.4 Å². The summed E-state index contributed by atoms with van der Waals surface area (Å²) < 4.78 is 38.1. The number of thioether (sulfide) groups is 1. The second-order valence-corrected chi connectivity index (χ2v) is 7.48. The van der Waals surface area contributed by atoms with Gasteiger partial charge < -0.3 is 14.4 Å². The number of amides is 1. The Morgan fingerprint density at radius 3 is 2.81 bits per heavy atom. The van der Waals surface area contributed by atoms with Crippen LogP contribution in [0.3, 0.4) is 0 Å². The van der Waals surface area contributed by atoms with E-state index in [1.807, 2.05) is 0 Å². The van der Waals surface area contributed by atoms with Crippen molar-refractivity contribution in [1.82, 2.24) is 4.90 Å². The number of carbonyl (C=O) groups is 1. The van der Waals surface area contributed by atoms with Crippen LogP contribution in [0.4, 0.5) is 8.78 Å². The smallest absolute Gasteiger partial charge is 0.254 e. The van der Waals surface area contributed by atoms with E-state index in [-0.39, 0.29) is 18.0 Å². The molecule has 7 heteroatoms. The number of benzene rings is 2. The summed E-state index contributed by atoms with van der Waals surface area (Å²) in [6.45, 7) is 1.21. The highest BCUT2D eigenvalue weighted by Gasteiger charge is 2.26. The lowest BCUT2D eigenvalue weighted by molar-refractivity contribution is 0.0766. The van der Waals surface area contributed by atoms with E-state index in [9.17, 15) is 13.6 Å². The van der Waals surface area contributed by atoms with Crippen molar-refractivity contribution >= 4 is 17.7 Å². The molecule has 1 amide bonds. The van der Waals surface area contributed by atoms with Crippen molar-refractivity contribution in [3.05, 3.63) is 59.2 Å². The van der Waals surface area contributed by atoms with Crippen molar-refractivity contribution in [2.24, 2.45) is 0 Å². The summed E-state index contributed by atoms with van der Waals surface area (Å²) >= 11 is 1.55. The van der Waals surface area contributed by atoms with Crippen molar-refractivity contribution in [3.63, 3.8) is 0 Å². The van der Waals surface area contributed by atoms with E-state index in [0.717, 1.165) is 12.1 Å². The third-order valence-corrected chi connectivity index (χ3v) is 5.86. The summed E-state index contributed by atoms with van der Waals surface area (Å²) in [6, 6.07) is 8.67. The van der Waals surface area contributed by atoms with Crippen LogP contribution in [0.5, 0.6) is 11.5 Å². The number of carbonyl (C=O) groups excluding carboxylic acids is 1. The fraction of sp³-hybridized carbons (Fsp3) is 0.316.